The van der Waals surface area contributed by atoms with Crippen LogP contribution in [-0.4, -0.2) is 13.1 Å². The number of rotatable bonds is 6. The zero-order chi connectivity index (χ0) is 15.2. The van der Waals surface area contributed by atoms with E-state index < -0.39 is 0 Å². The van der Waals surface area contributed by atoms with E-state index in [2.05, 4.69) is 42.3 Å². The van der Waals surface area contributed by atoms with Crippen LogP contribution in [0, 0.1) is 5.82 Å². The summed E-state index contributed by atoms with van der Waals surface area (Å²) in [6.45, 7) is 5.71. The van der Waals surface area contributed by atoms with Crippen LogP contribution in [0.15, 0.2) is 48.5 Å². The van der Waals surface area contributed by atoms with Gasteiger partial charge < -0.3 is 10.2 Å². The monoisotopic (exact) mass is 286 g/mol. The van der Waals surface area contributed by atoms with E-state index in [0.717, 1.165) is 17.8 Å². The molecule has 0 aliphatic rings. The molecule has 0 radical (unpaired) electrons. The largest absolute Gasteiger partial charge is 0.365 e. The van der Waals surface area contributed by atoms with Gasteiger partial charge in [0.05, 0.1) is 0 Å². The van der Waals surface area contributed by atoms with Crippen LogP contribution in [0.4, 0.5) is 10.1 Å². The quantitative estimate of drug-likeness (QED) is 0.864. The molecule has 1 N–H and O–H groups in total. The van der Waals surface area contributed by atoms with Crippen molar-refractivity contribution in [1.82, 2.24) is 5.32 Å². The van der Waals surface area contributed by atoms with Crippen molar-refractivity contribution in [3.8, 4) is 0 Å². The lowest BCUT2D eigenvalue weighted by Gasteiger charge is -2.29. The molecule has 0 amide bonds. The van der Waals surface area contributed by atoms with Gasteiger partial charge in [-0.05, 0) is 50.2 Å². The molecule has 2 aromatic carbocycles. The summed E-state index contributed by atoms with van der Waals surface area (Å²) in [7, 11) is 1.87. The zero-order valence-corrected chi connectivity index (χ0v) is 12.9. The number of hydrogen-bond donors (Lipinski definition) is 1. The summed E-state index contributed by atoms with van der Waals surface area (Å²) in [6.07, 6.45) is 0. The highest BCUT2D eigenvalue weighted by Crippen LogP contribution is 2.23. The van der Waals surface area contributed by atoms with E-state index in [-0.39, 0.29) is 5.82 Å². The molecule has 0 aromatic heterocycles. The van der Waals surface area contributed by atoms with Gasteiger partial charge in [-0.1, -0.05) is 30.3 Å². The normalized spacial score (nSPS) is 10.9. The van der Waals surface area contributed by atoms with Crippen molar-refractivity contribution in [3.05, 3.63) is 65.5 Å². The summed E-state index contributed by atoms with van der Waals surface area (Å²) >= 11 is 0. The first-order valence-corrected chi connectivity index (χ1v) is 7.35. The predicted molar refractivity (Wildman–Crippen MR) is 86.9 cm³/mol. The van der Waals surface area contributed by atoms with E-state index in [9.17, 15) is 4.39 Å². The second-order valence-corrected chi connectivity index (χ2v) is 5.56. The lowest BCUT2D eigenvalue weighted by Crippen LogP contribution is -2.30. The third-order valence-corrected chi connectivity index (χ3v) is 3.47. The number of hydrogen-bond acceptors (Lipinski definition) is 2. The number of halogens is 1. The molecular formula is C18H23FN2. The number of benzene rings is 2. The second kappa shape index (κ2) is 7.23. The van der Waals surface area contributed by atoms with Crippen LogP contribution in [0.5, 0.6) is 0 Å². The average molecular weight is 286 g/mol. The fourth-order valence-corrected chi connectivity index (χ4v) is 2.46. The Labute approximate surface area is 126 Å². The van der Waals surface area contributed by atoms with Crippen molar-refractivity contribution >= 4 is 5.69 Å². The molecule has 0 aliphatic heterocycles. The molecule has 21 heavy (non-hydrogen) atoms. The highest BCUT2D eigenvalue weighted by atomic mass is 19.1. The Kier molecular flexibility index (Phi) is 5.34. The molecule has 0 fully saturated rings. The van der Waals surface area contributed by atoms with Gasteiger partial charge in [-0.15, -0.1) is 0 Å². The van der Waals surface area contributed by atoms with Crippen molar-refractivity contribution in [1.29, 1.82) is 0 Å². The van der Waals surface area contributed by atoms with E-state index in [1.807, 2.05) is 25.2 Å². The second-order valence-electron chi connectivity index (χ2n) is 5.56. The molecule has 0 unspecified atom stereocenters. The minimum atomic E-state index is -0.184. The molecule has 112 valence electrons. The Balaban J connectivity index is 2.29. The fraction of sp³-hybridized carbons (Fsp3) is 0.333. The van der Waals surface area contributed by atoms with Crippen molar-refractivity contribution < 1.29 is 4.39 Å². The molecule has 0 heterocycles. The van der Waals surface area contributed by atoms with Crippen molar-refractivity contribution in [2.24, 2.45) is 0 Å². The molecule has 0 atom stereocenters. The van der Waals surface area contributed by atoms with E-state index in [1.54, 1.807) is 12.1 Å². The summed E-state index contributed by atoms with van der Waals surface area (Å²) < 4.78 is 13.9. The van der Waals surface area contributed by atoms with Crippen molar-refractivity contribution in [2.75, 3.05) is 11.9 Å². The first-order chi connectivity index (χ1) is 10.1. The summed E-state index contributed by atoms with van der Waals surface area (Å²) in [6, 6.07) is 15.8. The summed E-state index contributed by atoms with van der Waals surface area (Å²) in [5, 5.41) is 3.07. The molecule has 2 rings (SSSR count). The molecule has 2 nitrogen and oxygen atoms in total. The first kappa shape index (κ1) is 15.5. The average Bonchev–Trinajstić information content (AvgIpc) is 2.45. The van der Waals surface area contributed by atoms with Gasteiger partial charge in [0.1, 0.15) is 5.82 Å². The van der Waals surface area contributed by atoms with Gasteiger partial charge in [-0.25, -0.2) is 4.39 Å². The van der Waals surface area contributed by atoms with Gasteiger partial charge in [-0.3, -0.25) is 0 Å². The van der Waals surface area contributed by atoms with E-state index in [4.69, 9.17) is 0 Å². The van der Waals surface area contributed by atoms with Crippen LogP contribution in [0.3, 0.4) is 0 Å². The van der Waals surface area contributed by atoms with E-state index in [0.29, 0.717) is 12.6 Å². The van der Waals surface area contributed by atoms with Crippen molar-refractivity contribution in [2.45, 2.75) is 33.0 Å². The fourth-order valence-electron chi connectivity index (χ4n) is 2.46. The standard InChI is InChI=1S/C18H23FN2/c1-14(2)21(13-15-7-5-4-6-8-15)18-10-16(12-20-3)9-17(19)11-18/h4-11,14,20H,12-13H2,1-3H3. The molecule has 0 spiro atoms. The zero-order valence-electron chi connectivity index (χ0n) is 12.9. The maximum Gasteiger partial charge on any atom is 0.125 e. The summed E-state index contributed by atoms with van der Waals surface area (Å²) in [4.78, 5) is 2.22. The van der Waals surface area contributed by atoms with E-state index in [1.165, 1.54) is 5.56 Å². The molecule has 0 saturated heterocycles. The lowest BCUT2D eigenvalue weighted by molar-refractivity contribution is 0.617. The summed E-state index contributed by atoms with van der Waals surface area (Å²) in [5.74, 6) is -0.184. The Morgan fingerprint density at radius 2 is 1.76 bits per heavy atom. The third-order valence-electron chi connectivity index (χ3n) is 3.47. The Morgan fingerprint density at radius 3 is 2.38 bits per heavy atom. The smallest absolute Gasteiger partial charge is 0.125 e. The van der Waals surface area contributed by atoms with Crippen LogP contribution in [-0.2, 0) is 13.1 Å². The van der Waals surface area contributed by atoms with Gasteiger partial charge in [0.25, 0.3) is 0 Å². The molecule has 0 bridgehead atoms. The number of anilines is 1. The van der Waals surface area contributed by atoms with Gasteiger partial charge >= 0.3 is 0 Å². The lowest BCUT2D eigenvalue weighted by atomic mass is 10.1. The third kappa shape index (κ3) is 4.30. The van der Waals surface area contributed by atoms with Crippen molar-refractivity contribution in [3.63, 3.8) is 0 Å². The highest BCUT2D eigenvalue weighted by molar-refractivity contribution is 5.50. The van der Waals surface area contributed by atoms with Crippen LogP contribution in [0.1, 0.15) is 25.0 Å². The minimum absolute atomic E-state index is 0.184. The van der Waals surface area contributed by atoms with Gasteiger partial charge in [0, 0.05) is 24.8 Å². The highest BCUT2D eigenvalue weighted by Gasteiger charge is 2.13. The van der Waals surface area contributed by atoms with Crippen LogP contribution < -0.4 is 10.2 Å². The molecule has 2 aromatic rings. The van der Waals surface area contributed by atoms with Crippen LogP contribution >= 0.6 is 0 Å². The Morgan fingerprint density at radius 1 is 1.05 bits per heavy atom. The van der Waals surface area contributed by atoms with Crippen LogP contribution in [0.2, 0.25) is 0 Å². The Hall–Kier alpha value is -1.87. The molecular weight excluding hydrogens is 263 g/mol. The maximum absolute atomic E-state index is 13.9. The van der Waals surface area contributed by atoms with E-state index >= 15 is 0 Å². The maximum atomic E-state index is 13.9. The Bertz CT molecular complexity index is 567. The first-order valence-electron chi connectivity index (χ1n) is 7.35. The topological polar surface area (TPSA) is 15.3 Å². The SMILES string of the molecule is CNCc1cc(F)cc(N(Cc2ccccc2)C(C)C)c1. The number of nitrogens with one attached hydrogen (secondary N) is 1. The predicted octanol–water partition coefficient (Wildman–Crippen LogP) is 3.96. The van der Waals surface area contributed by atoms with Gasteiger partial charge in [0.15, 0.2) is 0 Å². The minimum Gasteiger partial charge on any atom is -0.365 e. The number of nitrogens with zero attached hydrogens (tertiary/aromatic N) is 1. The molecule has 0 aliphatic carbocycles. The van der Waals surface area contributed by atoms with Gasteiger partial charge in [-0.2, -0.15) is 0 Å². The molecule has 0 saturated carbocycles. The molecule has 3 heteroatoms. The summed E-state index contributed by atoms with van der Waals surface area (Å²) in [5.41, 5.74) is 3.12. The van der Waals surface area contributed by atoms with Crippen LogP contribution in [0.25, 0.3) is 0 Å². The van der Waals surface area contributed by atoms with Gasteiger partial charge in [0.2, 0.25) is 0 Å².